The monoisotopic (exact) mass is 279 g/mol. The first-order valence-electron chi connectivity index (χ1n) is 6.13. The van der Waals surface area contributed by atoms with Crippen LogP contribution >= 0.6 is 11.5 Å². The molecule has 0 aromatic carbocycles. The predicted molar refractivity (Wildman–Crippen MR) is 73.0 cm³/mol. The topological polar surface area (TPSA) is 72.7 Å². The van der Waals surface area contributed by atoms with Crippen molar-refractivity contribution in [2.24, 2.45) is 13.0 Å². The Labute approximate surface area is 116 Å². The van der Waals surface area contributed by atoms with Crippen LogP contribution in [0.3, 0.4) is 0 Å². The highest BCUT2D eigenvalue weighted by Crippen LogP contribution is 2.23. The molecule has 2 aromatic rings. The Bertz CT molecular complexity index is 534. The lowest BCUT2D eigenvalue weighted by Crippen LogP contribution is -2.30. The summed E-state index contributed by atoms with van der Waals surface area (Å²) in [5.41, 5.74) is 1.12. The Morgan fingerprint density at radius 1 is 1.53 bits per heavy atom. The second kappa shape index (κ2) is 5.92. The largest absolute Gasteiger partial charge is 0.351 e. The number of nitrogens with zero attached hydrogens (tertiary/aromatic N) is 4. The maximum Gasteiger partial charge on any atom is 0.264 e. The van der Waals surface area contributed by atoms with Crippen molar-refractivity contribution in [1.29, 1.82) is 0 Å². The minimum absolute atomic E-state index is 0.122. The zero-order valence-electron chi connectivity index (χ0n) is 11.2. The van der Waals surface area contributed by atoms with Gasteiger partial charge in [-0.3, -0.25) is 9.48 Å². The van der Waals surface area contributed by atoms with E-state index in [9.17, 15) is 4.79 Å². The summed E-state index contributed by atoms with van der Waals surface area (Å²) in [5.74, 6) is 0.524. The molecular formula is C12H17N5OS. The van der Waals surface area contributed by atoms with Gasteiger partial charge in [-0.15, -0.1) is 5.10 Å². The normalized spacial score (nSPS) is 12.6. The maximum absolute atomic E-state index is 11.9. The quantitative estimate of drug-likeness (QED) is 0.899. The van der Waals surface area contributed by atoms with Crippen molar-refractivity contribution in [1.82, 2.24) is 24.7 Å². The molecule has 0 unspecified atom stereocenters. The van der Waals surface area contributed by atoms with E-state index in [1.54, 1.807) is 6.20 Å². The number of hydrogen-bond acceptors (Lipinski definition) is 5. The Morgan fingerprint density at radius 2 is 2.32 bits per heavy atom. The summed E-state index contributed by atoms with van der Waals surface area (Å²) in [4.78, 5) is 12.4. The van der Waals surface area contributed by atoms with Gasteiger partial charge in [-0.05, 0) is 23.5 Å². The van der Waals surface area contributed by atoms with Crippen molar-refractivity contribution in [3.05, 3.63) is 29.0 Å². The van der Waals surface area contributed by atoms with Crippen LogP contribution in [0.5, 0.6) is 0 Å². The highest BCUT2D eigenvalue weighted by atomic mass is 32.1. The molecule has 0 aliphatic rings. The van der Waals surface area contributed by atoms with Gasteiger partial charge in [0.2, 0.25) is 0 Å². The van der Waals surface area contributed by atoms with Gasteiger partial charge in [0.15, 0.2) is 0 Å². The summed E-state index contributed by atoms with van der Waals surface area (Å²) in [5, 5.41) is 10.8. The first kappa shape index (κ1) is 13.7. The van der Waals surface area contributed by atoms with Crippen molar-refractivity contribution in [3.8, 4) is 0 Å². The van der Waals surface area contributed by atoms with Gasteiger partial charge in [-0.1, -0.05) is 18.3 Å². The number of hydrogen-bond donors (Lipinski definition) is 1. The van der Waals surface area contributed by atoms with Gasteiger partial charge >= 0.3 is 0 Å². The molecule has 0 bridgehead atoms. The SMILES string of the molecule is CC(C)[C@H](CNC(=O)c1cnns1)c1ccnn1C. The zero-order valence-corrected chi connectivity index (χ0v) is 12.0. The van der Waals surface area contributed by atoms with Gasteiger partial charge < -0.3 is 5.32 Å². The highest BCUT2D eigenvalue weighted by Gasteiger charge is 2.20. The number of nitrogens with one attached hydrogen (secondary N) is 1. The summed E-state index contributed by atoms with van der Waals surface area (Å²) in [6.45, 7) is 4.85. The van der Waals surface area contributed by atoms with E-state index in [1.807, 2.05) is 17.8 Å². The van der Waals surface area contributed by atoms with Crippen molar-refractivity contribution >= 4 is 17.4 Å². The van der Waals surface area contributed by atoms with E-state index in [1.165, 1.54) is 6.20 Å². The third-order valence-electron chi connectivity index (χ3n) is 3.11. The van der Waals surface area contributed by atoms with Gasteiger partial charge in [0.25, 0.3) is 5.91 Å². The van der Waals surface area contributed by atoms with E-state index < -0.39 is 0 Å². The molecule has 0 saturated carbocycles. The molecule has 102 valence electrons. The number of carbonyl (C=O) groups excluding carboxylic acids is 1. The first-order chi connectivity index (χ1) is 9.09. The number of aromatic nitrogens is 4. The molecule has 1 atom stereocenters. The molecule has 2 heterocycles. The lowest BCUT2D eigenvalue weighted by Gasteiger charge is -2.21. The Hall–Kier alpha value is -1.76. The summed E-state index contributed by atoms with van der Waals surface area (Å²) in [6, 6.07) is 1.99. The van der Waals surface area contributed by atoms with Crippen molar-refractivity contribution in [2.75, 3.05) is 6.54 Å². The minimum atomic E-state index is -0.122. The molecule has 0 saturated heterocycles. The molecule has 7 heteroatoms. The lowest BCUT2D eigenvalue weighted by molar-refractivity contribution is 0.0952. The fraction of sp³-hybridized carbons (Fsp3) is 0.500. The van der Waals surface area contributed by atoms with Crippen LogP contribution in [-0.4, -0.2) is 31.8 Å². The van der Waals surface area contributed by atoms with Crippen molar-refractivity contribution < 1.29 is 4.79 Å². The Kier molecular flexibility index (Phi) is 4.26. The molecule has 0 radical (unpaired) electrons. The average Bonchev–Trinajstić information content (AvgIpc) is 3.01. The Morgan fingerprint density at radius 3 is 2.84 bits per heavy atom. The van der Waals surface area contributed by atoms with Gasteiger partial charge in [0, 0.05) is 31.4 Å². The van der Waals surface area contributed by atoms with E-state index in [4.69, 9.17) is 0 Å². The van der Waals surface area contributed by atoms with Crippen LogP contribution < -0.4 is 5.32 Å². The Balaban J connectivity index is 2.03. The van der Waals surface area contributed by atoms with Crippen LogP contribution in [0.15, 0.2) is 18.5 Å². The first-order valence-corrected chi connectivity index (χ1v) is 6.90. The molecule has 6 nitrogen and oxygen atoms in total. The molecule has 0 aliphatic carbocycles. The van der Waals surface area contributed by atoms with Crippen LogP contribution in [0.1, 0.15) is 35.1 Å². The zero-order chi connectivity index (χ0) is 13.8. The summed E-state index contributed by atoms with van der Waals surface area (Å²) in [7, 11) is 1.92. The van der Waals surface area contributed by atoms with Gasteiger partial charge in [0.1, 0.15) is 4.88 Å². The van der Waals surface area contributed by atoms with Crippen LogP contribution in [0.25, 0.3) is 0 Å². The fourth-order valence-corrected chi connectivity index (χ4v) is 2.42. The molecule has 2 aromatic heterocycles. The van der Waals surface area contributed by atoms with Gasteiger partial charge in [-0.2, -0.15) is 5.10 Å². The average molecular weight is 279 g/mol. The number of carbonyl (C=O) groups is 1. The number of aryl methyl sites for hydroxylation is 1. The predicted octanol–water partition coefficient (Wildman–Crippen LogP) is 1.44. The second-order valence-electron chi connectivity index (χ2n) is 4.72. The summed E-state index contributed by atoms with van der Waals surface area (Å²) < 4.78 is 5.54. The third kappa shape index (κ3) is 3.17. The van der Waals surface area contributed by atoms with E-state index in [2.05, 4.69) is 33.8 Å². The molecule has 1 N–H and O–H groups in total. The van der Waals surface area contributed by atoms with Crippen LogP contribution in [-0.2, 0) is 7.05 Å². The minimum Gasteiger partial charge on any atom is -0.351 e. The van der Waals surface area contributed by atoms with Crippen LogP contribution in [0, 0.1) is 5.92 Å². The van der Waals surface area contributed by atoms with Crippen LogP contribution in [0.2, 0.25) is 0 Å². The third-order valence-corrected chi connectivity index (χ3v) is 3.77. The standard InChI is InChI=1S/C12H17N5OS/c1-8(2)9(10-4-5-15-17(10)3)6-13-12(18)11-7-14-16-19-11/h4-5,7-9H,6H2,1-3H3,(H,13,18)/t9-/m0/s1. The van der Waals surface area contributed by atoms with E-state index in [-0.39, 0.29) is 11.8 Å². The molecule has 19 heavy (non-hydrogen) atoms. The van der Waals surface area contributed by atoms with E-state index in [0.717, 1.165) is 17.2 Å². The lowest BCUT2D eigenvalue weighted by atomic mass is 9.92. The van der Waals surface area contributed by atoms with Gasteiger partial charge in [0.05, 0.1) is 6.20 Å². The molecule has 0 aliphatic heterocycles. The fourth-order valence-electron chi connectivity index (χ4n) is 1.99. The summed E-state index contributed by atoms with van der Waals surface area (Å²) in [6.07, 6.45) is 3.26. The molecule has 2 rings (SSSR count). The maximum atomic E-state index is 11.9. The second-order valence-corrected chi connectivity index (χ2v) is 5.51. The van der Waals surface area contributed by atoms with Gasteiger partial charge in [-0.25, -0.2) is 0 Å². The smallest absolute Gasteiger partial charge is 0.264 e. The van der Waals surface area contributed by atoms with E-state index in [0.29, 0.717) is 17.3 Å². The molecule has 1 amide bonds. The summed E-state index contributed by atoms with van der Waals surface area (Å²) >= 11 is 1.10. The van der Waals surface area contributed by atoms with Crippen LogP contribution in [0.4, 0.5) is 0 Å². The highest BCUT2D eigenvalue weighted by molar-refractivity contribution is 7.07. The van der Waals surface area contributed by atoms with Crippen molar-refractivity contribution in [3.63, 3.8) is 0 Å². The van der Waals surface area contributed by atoms with Crippen molar-refractivity contribution in [2.45, 2.75) is 19.8 Å². The van der Waals surface area contributed by atoms with E-state index >= 15 is 0 Å². The molecule has 0 fully saturated rings. The molecular weight excluding hydrogens is 262 g/mol. The number of rotatable bonds is 5. The number of amides is 1. The molecule has 0 spiro atoms.